The van der Waals surface area contributed by atoms with Crippen LogP contribution in [0.15, 0.2) is 24.3 Å². The molecule has 0 saturated heterocycles. The van der Waals surface area contributed by atoms with Crippen molar-refractivity contribution in [2.24, 2.45) is 0 Å². The predicted octanol–water partition coefficient (Wildman–Crippen LogP) is 2.67. The van der Waals surface area contributed by atoms with Crippen molar-refractivity contribution in [2.45, 2.75) is 0 Å². The van der Waals surface area contributed by atoms with E-state index in [0.717, 1.165) is 6.07 Å². The highest BCUT2D eigenvalue weighted by molar-refractivity contribution is 14.1. The van der Waals surface area contributed by atoms with Gasteiger partial charge in [-0.25, -0.2) is 9.18 Å². The molecule has 0 aliphatic rings. The van der Waals surface area contributed by atoms with E-state index in [1.807, 2.05) is 22.6 Å². The van der Waals surface area contributed by atoms with E-state index in [4.69, 9.17) is 10.00 Å². The van der Waals surface area contributed by atoms with Gasteiger partial charge in [0.25, 0.3) is 5.88 Å². The van der Waals surface area contributed by atoms with E-state index in [0.29, 0.717) is 3.70 Å². The Hall–Kier alpha value is -2.28. The van der Waals surface area contributed by atoms with Crippen LogP contribution in [-0.4, -0.2) is 23.3 Å². The summed E-state index contributed by atoms with van der Waals surface area (Å²) in [6, 6.07) is 6.90. The lowest BCUT2D eigenvalue weighted by atomic mass is 10.2. The topological polar surface area (TPSA) is 85.1 Å². The number of nitrogens with zero attached hydrogens (tertiary/aromatic N) is 3. The van der Waals surface area contributed by atoms with Crippen LogP contribution >= 0.6 is 22.6 Å². The Morgan fingerprint density at radius 1 is 1.38 bits per heavy atom. The maximum atomic E-state index is 13.8. The summed E-state index contributed by atoms with van der Waals surface area (Å²) in [5.74, 6) is -1.77. The average molecular weight is 399 g/mol. The minimum atomic E-state index is -0.745. The van der Waals surface area contributed by atoms with Gasteiger partial charge in [-0.05, 0) is 46.9 Å². The normalized spacial score (nSPS) is 9.81. The highest BCUT2D eigenvalue weighted by Crippen LogP contribution is 2.26. The van der Waals surface area contributed by atoms with Crippen LogP contribution in [0, 0.1) is 20.8 Å². The lowest BCUT2D eigenvalue weighted by molar-refractivity contribution is 0.0596. The molecular formula is C13H7FIN3O3. The minimum Gasteiger partial charge on any atom is -0.465 e. The third kappa shape index (κ3) is 3.43. The van der Waals surface area contributed by atoms with Crippen molar-refractivity contribution in [3.05, 3.63) is 44.9 Å². The van der Waals surface area contributed by atoms with Gasteiger partial charge in [-0.2, -0.15) is 5.26 Å². The zero-order chi connectivity index (χ0) is 15.4. The standard InChI is InChI=1S/C13H7FIN3O3/c1-20-13(19)8-5-11(15)17-18-12(8)21-10-3-2-7(6-16)4-9(10)14/h2-5H,1H3. The van der Waals surface area contributed by atoms with Crippen LogP contribution in [0.2, 0.25) is 0 Å². The maximum absolute atomic E-state index is 13.8. The predicted molar refractivity (Wildman–Crippen MR) is 77.3 cm³/mol. The van der Waals surface area contributed by atoms with Crippen LogP contribution < -0.4 is 4.74 Å². The number of ether oxygens (including phenoxy) is 2. The molecule has 1 aromatic carbocycles. The second kappa shape index (κ2) is 6.45. The molecule has 106 valence electrons. The smallest absolute Gasteiger partial charge is 0.343 e. The molecule has 1 heterocycles. The van der Waals surface area contributed by atoms with Crippen LogP contribution in [0.1, 0.15) is 15.9 Å². The van der Waals surface area contributed by atoms with Crippen molar-refractivity contribution in [2.75, 3.05) is 7.11 Å². The van der Waals surface area contributed by atoms with Crippen LogP contribution in [0.3, 0.4) is 0 Å². The van der Waals surface area contributed by atoms with Crippen molar-refractivity contribution >= 4 is 28.6 Å². The van der Waals surface area contributed by atoms with Gasteiger partial charge < -0.3 is 9.47 Å². The monoisotopic (exact) mass is 399 g/mol. The summed E-state index contributed by atoms with van der Waals surface area (Å²) in [6.45, 7) is 0. The van der Waals surface area contributed by atoms with Crippen LogP contribution in [-0.2, 0) is 4.74 Å². The molecule has 0 amide bonds. The van der Waals surface area contributed by atoms with Gasteiger partial charge in [-0.3, -0.25) is 0 Å². The number of methoxy groups -OCH3 is 1. The molecular weight excluding hydrogens is 392 g/mol. The highest BCUT2D eigenvalue weighted by Gasteiger charge is 2.18. The summed E-state index contributed by atoms with van der Waals surface area (Å²) >= 11 is 1.87. The number of carbonyl (C=O) groups excluding carboxylic acids is 1. The molecule has 0 aliphatic heterocycles. The molecule has 0 N–H and O–H groups in total. The van der Waals surface area contributed by atoms with Crippen molar-refractivity contribution in [3.63, 3.8) is 0 Å². The Morgan fingerprint density at radius 2 is 2.14 bits per heavy atom. The van der Waals surface area contributed by atoms with Gasteiger partial charge in [-0.15, -0.1) is 10.2 Å². The quantitative estimate of drug-likeness (QED) is 0.583. The van der Waals surface area contributed by atoms with E-state index in [9.17, 15) is 9.18 Å². The van der Waals surface area contributed by atoms with Gasteiger partial charge in [0.15, 0.2) is 11.6 Å². The molecule has 0 spiro atoms. The van der Waals surface area contributed by atoms with Gasteiger partial charge in [0, 0.05) is 0 Å². The maximum Gasteiger partial charge on any atom is 0.343 e. The molecule has 0 radical (unpaired) electrons. The molecule has 21 heavy (non-hydrogen) atoms. The van der Waals surface area contributed by atoms with Crippen LogP contribution in [0.25, 0.3) is 0 Å². The van der Waals surface area contributed by atoms with Gasteiger partial charge in [0.1, 0.15) is 9.26 Å². The minimum absolute atomic E-state index is 0.0284. The SMILES string of the molecule is COC(=O)c1cc(I)nnc1Oc1ccc(C#N)cc1F. The molecule has 0 saturated carbocycles. The number of aromatic nitrogens is 2. The Balaban J connectivity index is 2.40. The number of nitriles is 1. The first-order chi connectivity index (χ1) is 10.0. The van der Waals surface area contributed by atoms with Crippen LogP contribution in [0.4, 0.5) is 4.39 Å². The molecule has 0 bridgehead atoms. The van der Waals surface area contributed by atoms with Crippen molar-refractivity contribution in [1.82, 2.24) is 10.2 Å². The first-order valence-corrected chi connectivity index (χ1v) is 6.62. The van der Waals surface area contributed by atoms with Gasteiger partial charge in [-0.1, -0.05) is 0 Å². The van der Waals surface area contributed by atoms with E-state index in [1.165, 1.54) is 25.3 Å². The highest BCUT2D eigenvalue weighted by atomic mass is 127. The van der Waals surface area contributed by atoms with Crippen molar-refractivity contribution < 1.29 is 18.7 Å². The number of halogens is 2. The number of esters is 1. The van der Waals surface area contributed by atoms with E-state index < -0.39 is 11.8 Å². The molecule has 6 nitrogen and oxygen atoms in total. The van der Waals surface area contributed by atoms with Gasteiger partial charge in [0.2, 0.25) is 0 Å². The first-order valence-electron chi connectivity index (χ1n) is 5.54. The summed E-state index contributed by atoms with van der Waals surface area (Å²) in [5.41, 5.74) is 0.183. The number of rotatable bonds is 3. The lowest BCUT2D eigenvalue weighted by Gasteiger charge is -2.09. The zero-order valence-corrected chi connectivity index (χ0v) is 12.8. The number of hydrogen-bond donors (Lipinski definition) is 0. The molecule has 0 aliphatic carbocycles. The van der Waals surface area contributed by atoms with E-state index in [-0.39, 0.29) is 22.8 Å². The van der Waals surface area contributed by atoms with Crippen LogP contribution in [0.5, 0.6) is 11.6 Å². The van der Waals surface area contributed by atoms with Gasteiger partial charge in [0.05, 0.1) is 18.7 Å². The molecule has 2 aromatic rings. The van der Waals surface area contributed by atoms with E-state index in [1.54, 1.807) is 6.07 Å². The second-order valence-electron chi connectivity index (χ2n) is 3.74. The third-order valence-electron chi connectivity index (χ3n) is 2.40. The third-order valence-corrected chi connectivity index (χ3v) is 2.93. The Labute approximate surface area is 132 Å². The summed E-state index contributed by atoms with van der Waals surface area (Å²) < 4.78 is 24.1. The number of benzene rings is 1. The summed E-state index contributed by atoms with van der Waals surface area (Å²) in [7, 11) is 1.21. The molecule has 0 atom stereocenters. The fourth-order valence-electron chi connectivity index (χ4n) is 1.45. The number of carbonyl (C=O) groups is 1. The molecule has 0 fully saturated rings. The Bertz CT molecular complexity index is 746. The lowest BCUT2D eigenvalue weighted by Crippen LogP contribution is -2.07. The molecule has 1 aromatic heterocycles. The molecule has 2 rings (SSSR count). The average Bonchev–Trinajstić information content (AvgIpc) is 2.49. The Morgan fingerprint density at radius 3 is 2.76 bits per heavy atom. The fraction of sp³-hybridized carbons (Fsp3) is 0.0769. The fourth-order valence-corrected chi connectivity index (χ4v) is 1.86. The van der Waals surface area contributed by atoms with E-state index >= 15 is 0 Å². The second-order valence-corrected chi connectivity index (χ2v) is 4.84. The first kappa shape index (κ1) is 15.1. The summed E-state index contributed by atoms with van der Waals surface area (Å²) in [6.07, 6.45) is 0. The summed E-state index contributed by atoms with van der Waals surface area (Å²) in [5, 5.41) is 16.1. The Kier molecular flexibility index (Phi) is 4.64. The number of hydrogen-bond acceptors (Lipinski definition) is 6. The van der Waals surface area contributed by atoms with Crippen molar-refractivity contribution in [1.29, 1.82) is 5.26 Å². The van der Waals surface area contributed by atoms with Gasteiger partial charge >= 0.3 is 5.97 Å². The summed E-state index contributed by atoms with van der Waals surface area (Å²) in [4.78, 5) is 11.7. The molecule has 8 heteroatoms. The van der Waals surface area contributed by atoms with E-state index in [2.05, 4.69) is 14.9 Å². The molecule has 0 unspecified atom stereocenters. The largest absolute Gasteiger partial charge is 0.465 e. The zero-order valence-electron chi connectivity index (χ0n) is 10.6. The van der Waals surface area contributed by atoms with Crippen molar-refractivity contribution in [3.8, 4) is 17.7 Å².